The third-order valence-corrected chi connectivity index (χ3v) is 7.47. The maximum Gasteiger partial charge on any atom is 0.407 e. The molecule has 1 aromatic rings. The first kappa shape index (κ1) is 17.2. The Morgan fingerprint density at radius 2 is 2.00 bits per heavy atom. The van der Waals surface area contributed by atoms with Gasteiger partial charge < -0.3 is 20.4 Å². The van der Waals surface area contributed by atoms with Gasteiger partial charge in [0.25, 0.3) is 0 Å². The van der Waals surface area contributed by atoms with Crippen molar-refractivity contribution in [3.05, 3.63) is 24.1 Å². The van der Waals surface area contributed by atoms with Gasteiger partial charge in [0, 0.05) is 6.54 Å². The van der Waals surface area contributed by atoms with Crippen molar-refractivity contribution in [2.75, 3.05) is 11.9 Å². The number of carbonyl (C=O) groups is 1. The molecule has 3 N–H and O–H groups in total. The number of anilines is 1. The molecular formula is C20H26FN3O3. The first-order valence-electron chi connectivity index (χ1n) is 10.0. The molecule has 1 amide bonds. The summed E-state index contributed by atoms with van der Waals surface area (Å²) in [6, 6.07) is 2.83. The van der Waals surface area contributed by atoms with Crippen molar-refractivity contribution in [3.8, 4) is 0 Å². The monoisotopic (exact) mass is 375 g/mol. The summed E-state index contributed by atoms with van der Waals surface area (Å²) in [5.41, 5.74) is -0.527. The van der Waals surface area contributed by atoms with E-state index in [0.29, 0.717) is 30.1 Å². The molecule has 4 bridgehead atoms. The van der Waals surface area contributed by atoms with Gasteiger partial charge in [0.15, 0.2) is 0 Å². The first-order valence-corrected chi connectivity index (χ1v) is 10.0. The Bertz CT molecular complexity index is 726. The number of hydrogen-bond acceptors (Lipinski definition) is 4. The molecular weight excluding hydrogens is 349 g/mol. The fourth-order valence-corrected chi connectivity index (χ4v) is 6.90. The highest BCUT2D eigenvalue weighted by Gasteiger charge is 2.59. The lowest BCUT2D eigenvalue weighted by Crippen LogP contribution is -2.61. The Hall–Kier alpha value is -1.89. The molecule has 1 aliphatic heterocycles. The van der Waals surface area contributed by atoms with Gasteiger partial charge in [-0.15, -0.1) is 0 Å². The lowest BCUT2D eigenvalue weighted by Gasteiger charge is -2.60. The SMILES string of the molecule is O=C(O)N1CCC(Nc2ccc(F)cn2)[C@H]1C1C2CC3CC1CC(O)(C3)C2. The van der Waals surface area contributed by atoms with E-state index in [1.54, 1.807) is 11.0 Å². The molecule has 4 atom stereocenters. The van der Waals surface area contributed by atoms with Gasteiger partial charge in [-0.05, 0) is 74.3 Å². The van der Waals surface area contributed by atoms with Gasteiger partial charge in [0.1, 0.15) is 11.6 Å². The predicted octanol–water partition coefficient (Wildman–Crippen LogP) is 2.94. The molecule has 0 aromatic carbocycles. The minimum absolute atomic E-state index is 0.0313. The minimum atomic E-state index is -0.871. The number of aliphatic hydroxyl groups is 1. The highest BCUT2D eigenvalue weighted by atomic mass is 19.1. The number of aromatic nitrogens is 1. The zero-order chi connectivity index (χ0) is 18.8. The number of rotatable bonds is 3. The van der Waals surface area contributed by atoms with Gasteiger partial charge in [-0.3, -0.25) is 0 Å². The van der Waals surface area contributed by atoms with Crippen molar-refractivity contribution in [3.63, 3.8) is 0 Å². The van der Waals surface area contributed by atoms with Crippen LogP contribution in [0.2, 0.25) is 0 Å². The fourth-order valence-electron chi connectivity index (χ4n) is 6.90. The van der Waals surface area contributed by atoms with Crippen LogP contribution in [-0.4, -0.2) is 50.4 Å². The number of halogens is 1. The molecule has 5 aliphatic rings. The van der Waals surface area contributed by atoms with E-state index in [9.17, 15) is 19.4 Å². The second-order valence-electron chi connectivity index (χ2n) is 9.14. The molecule has 4 saturated carbocycles. The van der Waals surface area contributed by atoms with Crippen molar-refractivity contribution in [1.29, 1.82) is 0 Å². The number of pyridine rings is 1. The molecule has 0 spiro atoms. The number of nitrogens with one attached hydrogen (secondary N) is 1. The molecule has 4 aliphatic carbocycles. The summed E-state index contributed by atoms with van der Waals surface area (Å²) in [4.78, 5) is 17.6. The molecule has 2 heterocycles. The zero-order valence-electron chi connectivity index (χ0n) is 15.2. The maximum absolute atomic E-state index is 13.2. The third kappa shape index (κ3) is 2.87. The van der Waals surface area contributed by atoms with Crippen LogP contribution in [-0.2, 0) is 0 Å². The summed E-state index contributed by atoms with van der Waals surface area (Å²) < 4.78 is 13.2. The Balaban J connectivity index is 1.43. The minimum Gasteiger partial charge on any atom is -0.465 e. The summed E-state index contributed by atoms with van der Waals surface area (Å²) in [5, 5.41) is 24.0. The summed E-state index contributed by atoms with van der Waals surface area (Å²) >= 11 is 0. The quantitative estimate of drug-likeness (QED) is 0.756. The van der Waals surface area contributed by atoms with E-state index in [1.165, 1.54) is 12.3 Å². The molecule has 6 rings (SSSR count). The van der Waals surface area contributed by atoms with Gasteiger partial charge >= 0.3 is 6.09 Å². The summed E-state index contributed by atoms with van der Waals surface area (Å²) in [6.45, 7) is 0.502. The summed E-state index contributed by atoms with van der Waals surface area (Å²) in [5.74, 6) is 1.84. The zero-order valence-corrected chi connectivity index (χ0v) is 15.2. The fraction of sp³-hybridized carbons (Fsp3) is 0.700. The van der Waals surface area contributed by atoms with Crippen molar-refractivity contribution in [2.45, 2.75) is 56.2 Å². The Labute approximate surface area is 157 Å². The van der Waals surface area contributed by atoms with E-state index in [4.69, 9.17) is 0 Å². The highest BCUT2D eigenvalue weighted by molar-refractivity contribution is 5.66. The Kier molecular flexibility index (Phi) is 3.86. The van der Waals surface area contributed by atoms with Gasteiger partial charge in [0.2, 0.25) is 0 Å². The average molecular weight is 375 g/mol. The van der Waals surface area contributed by atoms with Gasteiger partial charge in [-0.1, -0.05) is 0 Å². The van der Waals surface area contributed by atoms with E-state index in [0.717, 1.165) is 38.5 Å². The molecule has 146 valence electrons. The first-order chi connectivity index (χ1) is 12.9. The lowest BCUT2D eigenvalue weighted by atomic mass is 9.48. The van der Waals surface area contributed by atoms with Crippen molar-refractivity contribution in [1.82, 2.24) is 9.88 Å². The van der Waals surface area contributed by atoms with Crippen LogP contribution in [0.3, 0.4) is 0 Å². The van der Waals surface area contributed by atoms with E-state index in [1.807, 2.05) is 0 Å². The smallest absolute Gasteiger partial charge is 0.407 e. The molecule has 27 heavy (non-hydrogen) atoms. The molecule has 7 heteroatoms. The number of amides is 1. The van der Waals surface area contributed by atoms with E-state index < -0.39 is 11.7 Å². The van der Waals surface area contributed by atoms with E-state index in [-0.39, 0.29) is 23.8 Å². The molecule has 6 nitrogen and oxygen atoms in total. The lowest BCUT2D eigenvalue weighted by molar-refractivity contribution is -0.162. The standard InChI is InChI=1S/C20H26FN3O3/c21-14-1-2-16(22-10-14)23-15-3-4-24(19(25)26)18(15)17-12-5-11-6-13(17)9-20(27,7-11)8-12/h1-2,10-13,15,17-18,27H,3-9H2,(H,22,23)(H,25,26)/t11?,12?,13?,15?,17?,18-,20?/m0/s1. The number of nitrogens with zero attached hydrogens (tertiary/aromatic N) is 2. The molecule has 3 unspecified atom stereocenters. The van der Waals surface area contributed by atoms with Crippen LogP contribution in [0, 0.1) is 29.5 Å². The second-order valence-corrected chi connectivity index (χ2v) is 9.14. The number of carboxylic acid groups (broad SMARTS) is 1. The van der Waals surface area contributed by atoms with E-state index in [2.05, 4.69) is 10.3 Å². The average Bonchev–Trinajstić information content (AvgIpc) is 2.99. The Morgan fingerprint density at radius 1 is 1.26 bits per heavy atom. The van der Waals surface area contributed by atoms with Crippen molar-refractivity contribution in [2.24, 2.45) is 23.7 Å². The second kappa shape index (κ2) is 6.06. The largest absolute Gasteiger partial charge is 0.465 e. The van der Waals surface area contributed by atoms with Gasteiger partial charge in [-0.25, -0.2) is 14.2 Å². The number of hydrogen-bond donors (Lipinski definition) is 3. The highest BCUT2D eigenvalue weighted by Crippen LogP contribution is 2.60. The van der Waals surface area contributed by atoms with Crippen LogP contribution >= 0.6 is 0 Å². The van der Waals surface area contributed by atoms with E-state index >= 15 is 0 Å². The van der Waals surface area contributed by atoms with Crippen LogP contribution in [0.15, 0.2) is 18.3 Å². The molecule has 1 saturated heterocycles. The third-order valence-electron chi connectivity index (χ3n) is 7.47. The van der Waals surface area contributed by atoms with Gasteiger partial charge in [0.05, 0.1) is 23.9 Å². The van der Waals surface area contributed by atoms with Crippen LogP contribution in [0.4, 0.5) is 15.0 Å². The summed E-state index contributed by atoms with van der Waals surface area (Å²) in [6.07, 6.45) is 5.76. The topological polar surface area (TPSA) is 85.7 Å². The molecule has 0 radical (unpaired) electrons. The van der Waals surface area contributed by atoms with Gasteiger partial charge in [-0.2, -0.15) is 0 Å². The normalized spacial score (nSPS) is 42.5. The summed E-state index contributed by atoms with van der Waals surface area (Å²) in [7, 11) is 0. The number of likely N-dealkylation sites (tertiary alicyclic amines) is 1. The van der Waals surface area contributed by atoms with Crippen LogP contribution < -0.4 is 5.32 Å². The van der Waals surface area contributed by atoms with Crippen molar-refractivity contribution >= 4 is 11.9 Å². The van der Waals surface area contributed by atoms with Crippen LogP contribution in [0.25, 0.3) is 0 Å². The van der Waals surface area contributed by atoms with Crippen LogP contribution in [0.1, 0.15) is 38.5 Å². The maximum atomic E-state index is 13.2. The molecule has 1 aromatic heterocycles. The molecule has 5 fully saturated rings. The Morgan fingerprint density at radius 3 is 2.59 bits per heavy atom. The predicted molar refractivity (Wildman–Crippen MR) is 96.7 cm³/mol. The van der Waals surface area contributed by atoms with Crippen LogP contribution in [0.5, 0.6) is 0 Å². The van der Waals surface area contributed by atoms with Crippen molar-refractivity contribution < 1.29 is 19.4 Å².